The zero-order valence-corrected chi connectivity index (χ0v) is 24.1. The van der Waals surface area contributed by atoms with Crippen molar-refractivity contribution in [3.8, 4) is 5.69 Å². The van der Waals surface area contributed by atoms with Crippen LogP contribution in [0.1, 0.15) is 0 Å². The van der Waals surface area contributed by atoms with Gasteiger partial charge in [0.15, 0.2) is 0 Å². The van der Waals surface area contributed by atoms with Crippen molar-refractivity contribution in [1.82, 2.24) is 4.57 Å². The number of fused-ring (bicyclic) bond motifs is 8. The van der Waals surface area contributed by atoms with Gasteiger partial charge in [-0.1, -0.05) is 84.9 Å². The number of para-hydroxylation sites is 6. The molecule has 0 saturated carbocycles. The van der Waals surface area contributed by atoms with E-state index in [2.05, 4.69) is 173 Å². The lowest BCUT2D eigenvalue weighted by molar-refractivity contribution is 1.15. The van der Waals surface area contributed by atoms with E-state index in [1.165, 1.54) is 72.5 Å². The van der Waals surface area contributed by atoms with Gasteiger partial charge in [-0.15, -0.1) is 0 Å². The first kappa shape index (κ1) is 24.2. The molecule has 5 heteroatoms. The van der Waals surface area contributed by atoms with Crippen LogP contribution in [0, 0.1) is 0 Å². The predicted molar refractivity (Wildman–Crippen MR) is 183 cm³/mol. The second-order valence-electron chi connectivity index (χ2n) is 11.5. The van der Waals surface area contributed by atoms with E-state index >= 15 is 0 Å². The van der Waals surface area contributed by atoms with Gasteiger partial charge in [0.05, 0.1) is 33.8 Å². The summed E-state index contributed by atoms with van der Waals surface area (Å²) in [5, 5.41) is 2.53. The van der Waals surface area contributed by atoms with Crippen LogP contribution >= 0.6 is 0 Å². The second kappa shape index (κ2) is 9.04. The minimum absolute atomic E-state index is 0.0124. The first-order valence-corrected chi connectivity index (χ1v) is 14.9. The van der Waals surface area contributed by atoms with Crippen molar-refractivity contribution in [3.63, 3.8) is 0 Å². The third kappa shape index (κ3) is 3.28. The summed E-state index contributed by atoms with van der Waals surface area (Å²) in [6.45, 7) is -0.0124. The van der Waals surface area contributed by atoms with Crippen LogP contribution in [0.15, 0.2) is 140 Å². The number of aromatic nitrogens is 1. The summed E-state index contributed by atoms with van der Waals surface area (Å²) in [5.41, 5.74) is 13.5. The van der Waals surface area contributed by atoms with E-state index in [-0.39, 0.29) is 6.85 Å². The van der Waals surface area contributed by atoms with E-state index in [1.54, 1.807) is 0 Å². The molecule has 3 heterocycles. The standard InChI is InChI=1S/C38H29BN4/c1-40-31-20-10-7-17-28(31)39(29-18-8-11-21-32(29)40)43-34-23-13-12-22-33(34)41(2)36-25-24-35-37(38(36)43)27-16-6-9-19-30(27)42(35)26-14-4-3-5-15-26/h3-25H,1-2H3. The van der Waals surface area contributed by atoms with E-state index in [9.17, 15) is 0 Å². The molecule has 0 spiro atoms. The van der Waals surface area contributed by atoms with Crippen molar-refractivity contribution >= 4 is 73.7 Å². The molecule has 0 fully saturated rings. The summed E-state index contributed by atoms with van der Waals surface area (Å²) >= 11 is 0. The molecule has 2 aliphatic rings. The molecule has 204 valence electrons. The quantitative estimate of drug-likeness (QED) is 0.203. The molecule has 4 nitrogen and oxygen atoms in total. The highest BCUT2D eigenvalue weighted by Gasteiger charge is 2.42. The summed E-state index contributed by atoms with van der Waals surface area (Å²) in [6.07, 6.45) is 0. The molecule has 2 aliphatic heterocycles. The van der Waals surface area contributed by atoms with Crippen molar-refractivity contribution < 1.29 is 0 Å². The van der Waals surface area contributed by atoms with E-state index < -0.39 is 0 Å². The SMILES string of the molecule is CN1c2ccccc2B(N2c3ccccc3N(C)c3ccc4c(c32)c2ccccc2n4-c2ccccc2)c2ccccc21. The molecule has 0 radical (unpaired) electrons. The van der Waals surface area contributed by atoms with Crippen molar-refractivity contribution in [2.24, 2.45) is 0 Å². The maximum absolute atomic E-state index is 2.62. The minimum Gasteiger partial charge on any atom is -0.373 e. The Bertz CT molecular complexity index is 2150. The van der Waals surface area contributed by atoms with Crippen molar-refractivity contribution in [3.05, 3.63) is 140 Å². The Hall–Kier alpha value is -5.42. The highest BCUT2D eigenvalue weighted by atomic mass is 15.2. The normalized spacial score (nSPS) is 13.6. The fraction of sp³-hybridized carbons (Fsp3) is 0.0526. The number of hydrogen-bond acceptors (Lipinski definition) is 3. The molecule has 0 N–H and O–H groups in total. The van der Waals surface area contributed by atoms with E-state index in [0.717, 1.165) is 0 Å². The lowest BCUT2D eigenvalue weighted by atomic mass is 9.46. The maximum Gasteiger partial charge on any atom is 0.332 e. The molecular weight excluding hydrogens is 523 g/mol. The van der Waals surface area contributed by atoms with Crippen molar-refractivity contribution in [2.75, 3.05) is 28.7 Å². The molecule has 0 unspecified atom stereocenters. The predicted octanol–water partition coefficient (Wildman–Crippen LogP) is 7.89. The van der Waals surface area contributed by atoms with Crippen LogP contribution in [0.5, 0.6) is 0 Å². The number of hydrogen-bond donors (Lipinski definition) is 0. The minimum atomic E-state index is -0.0124. The van der Waals surface area contributed by atoms with Gasteiger partial charge in [0, 0.05) is 41.9 Å². The average molecular weight is 552 g/mol. The second-order valence-corrected chi connectivity index (χ2v) is 11.5. The monoisotopic (exact) mass is 552 g/mol. The molecule has 0 amide bonds. The summed E-state index contributed by atoms with van der Waals surface area (Å²) in [6, 6.07) is 50.8. The molecule has 0 bridgehead atoms. The fourth-order valence-corrected chi connectivity index (χ4v) is 7.49. The molecule has 0 atom stereocenters. The van der Waals surface area contributed by atoms with Gasteiger partial charge in [-0.2, -0.15) is 0 Å². The Morgan fingerprint density at radius 1 is 0.442 bits per heavy atom. The van der Waals surface area contributed by atoms with Crippen molar-refractivity contribution in [1.29, 1.82) is 0 Å². The van der Waals surface area contributed by atoms with Gasteiger partial charge in [-0.25, -0.2) is 0 Å². The van der Waals surface area contributed by atoms with Crippen LogP contribution in [-0.4, -0.2) is 25.5 Å². The Balaban J connectivity index is 1.44. The van der Waals surface area contributed by atoms with Gasteiger partial charge in [0.1, 0.15) is 0 Å². The highest BCUT2D eigenvalue weighted by molar-refractivity contribution is 6.92. The molecule has 6 aromatic carbocycles. The lowest BCUT2D eigenvalue weighted by Gasteiger charge is -2.45. The number of nitrogens with zero attached hydrogens (tertiary/aromatic N) is 4. The molecule has 9 rings (SSSR count). The van der Waals surface area contributed by atoms with Gasteiger partial charge >= 0.3 is 6.85 Å². The van der Waals surface area contributed by atoms with Gasteiger partial charge in [-0.3, -0.25) is 0 Å². The van der Waals surface area contributed by atoms with Crippen LogP contribution in [0.4, 0.5) is 34.1 Å². The number of rotatable bonds is 2. The topological polar surface area (TPSA) is 14.7 Å². The van der Waals surface area contributed by atoms with Crippen LogP contribution in [0.25, 0.3) is 27.5 Å². The fourth-order valence-electron chi connectivity index (χ4n) is 7.49. The summed E-state index contributed by atoms with van der Waals surface area (Å²) in [7, 11) is 4.39. The highest BCUT2D eigenvalue weighted by Crippen LogP contribution is 2.53. The van der Waals surface area contributed by atoms with E-state index in [4.69, 9.17) is 0 Å². The lowest BCUT2D eigenvalue weighted by Crippen LogP contribution is -2.60. The smallest absolute Gasteiger partial charge is 0.332 e. The zero-order valence-electron chi connectivity index (χ0n) is 24.1. The van der Waals surface area contributed by atoms with Crippen molar-refractivity contribution in [2.45, 2.75) is 0 Å². The molecule has 43 heavy (non-hydrogen) atoms. The Kier molecular flexibility index (Phi) is 5.09. The van der Waals surface area contributed by atoms with Gasteiger partial charge in [0.25, 0.3) is 0 Å². The largest absolute Gasteiger partial charge is 0.373 e. The van der Waals surface area contributed by atoms with Crippen LogP contribution in [0.3, 0.4) is 0 Å². The molecule has 7 aromatic rings. The van der Waals surface area contributed by atoms with Gasteiger partial charge < -0.3 is 19.2 Å². The van der Waals surface area contributed by atoms with E-state index in [1.807, 2.05) is 0 Å². The summed E-state index contributed by atoms with van der Waals surface area (Å²) in [4.78, 5) is 7.33. The third-order valence-corrected chi connectivity index (χ3v) is 9.35. The first-order chi connectivity index (χ1) is 21.2. The van der Waals surface area contributed by atoms with E-state index in [0.29, 0.717) is 0 Å². The van der Waals surface area contributed by atoms with Gasteiger partial charge in [0.2, 0.25) is 0 Å². The van der Waals surface area contributed by atoms with Crippen LogP contribution in [-0.2, 0) is 0 Å². The maximum atomic E-state index is 2.62. The Morgan fingerprint density at radius 3 is 1.72 bits per heavy atom. The van der Waals surface area contributed by atoms with Gasteiger partial charge in [-0.05, 0) is 65.5 Å². The molecular formula is C38H29BN4. The molecule has 0 saturated heterocycles. The Morgan fingerprint density at radius 2 is 1.00 bits per heavy atom. The number of anilines is 6. The zero-order chi connectivity index (χ0) is 28.7. The molecule has 0 aliphatic carbocycles. The summed E-state index contributed by atoms with van der Waals surface area (Å²) in [5.74, 6) is 0. The molecule has 1 aromatic heterocycles. The van der Waals surface area contributed by atoms with Crippen LogP contribution in [0.2, 0.25) is 0 Å². The van der Waals surface area contributed by atoms with Crippen LogP contribution < -0.4 is 25.5 Å². The first-order valence-electron chi connectivity index (χ1n) is 14.9. The number of benzene rings is 6. The summed E-state index contributed by atoms with van der Waals surface area (Å²) < 4.78 is 2.42. The average Bonchev–Trinajstić information content (AvgIpc) is 3.41. The Labute approximate surface area is 251 Å². The third-order valence-electron chi connectivity index (χ3n) is 9.35.